The lowest BCUT2D eigenvalue weighted by molar-refractivity contribution is -0.128. The van der Waals surface area contributed by atoms with Gasteiger partial charge in [0.25, 0.3) is 5.91 Å². The van der Waals surface area contributed by atoms with Crippen LogP contribution in [0.2, 0.25) is 0 Å². The van der Waals surface area contributed by atoms with Crippen molar-refractivity contribution >= 4 is 17.5 Å². The number of pyridine rings is 1. The van der Waals surface area contributed by atoms with Crippen LogP contribution in [0.4, 0.5) is 10.1 Å². The Morgan fingerprint density at radius 3 is 2.28 bits per heavy atom. The van der Waals surface area contributed by atoms with Gasteiger partial charge in [0, 0.05) is 23.9 Å². The van der Waals surface area contributed by atoms with Gasteiger partial charge in [0.1, 0.15) is 17.9 Å². The molecule has 9 heteroatoms. The molecule has 8 nitrogen and oxygen atoms in total. The van der Waals surface area contributed by atoms with Gasteiger partial charge in [0.2, 0.25) is 5.91 Å². The zero-order chi connectivity index (χ0) is 30.6. The van der Waals surface area contributed by atoms with Crippen molar-refractivity contribution in [2.24, 2.45) is 0 Å². The number of hydrogen-bond acceptors (Lipinski definition) is 6. The summed E-state index contributed by atoms with van der Waals surface area (Å²) in [6.45, 7) is 3.34. The number of rotatable bonds is 8. The first-order valence-corrected chi connectivity index (χ1v) is 14.0. The number of anilines is 1. The molecular weight excluding hydrogens is 545 g/mol. The van der Waals surface area contributed by atoms with Crippen molar-refractivity contribution < 1.29 is 19.1 Å². The van der Waals surface area contributed by atoms with Gasteiger partial charge >= 0.3 is 0 Å². The molecule has 3 aromatic carbocycles. The van der Waals surface area contributed by atoms with Crippen molar-refractivity contribution in [2.75, 3.05) is 11.4 Å². The average Bonchev–Trinajstić information content (AvgIpc) is 3.34. The number of carbonyl (C=O) groups is 2. The fourth-order valence-corrected chi connectivity index (χ4v) is 5.52. The van der Waals surface area contributed by atoms with Gasteiger partial charge in [-0.1, -0.05) is 72.8 Å². The van der Waals surface area contributed by atoms with Crippen LogP contribution in [0.5, 0.6) is 0 Å². The summed E-state index contributed by atoms with van der Waals surface area (Å²) in [6.07, 6.45) is 4.37. The second kappa shape index (κ2) is 12.4. The van der Waals surface area contributed by atoms with Crippen molar-refractivity contribution in [1.82, 2.24) is 15.2 Å². The number of amides is 2. The van der Waals surface area contributed by atoms with E-state index in [9.17, 15) is 24.3 Å². The predicted molar refractivity (Wildman–Crippen MR) is 161 cm³/mol. The molecule has 1 aromatic heterocycles. The summed E-state index contributed by atoms with van der Waals surface area (Å²) in [5.41, 5.74) is 1.94. The highest BCUT2D eigenvalue weighted by atomic mass is 19.1. The Morgan fingerprint density at radius 2 is 1.65 bits per heavy atom. The lowest BCUT2D eigenvalue weighted by Gasteiger charge is -2.35. The van der Waals surface area contributed by atoms with Crippen LogP contribution in [0.25, 0.3) is 11.1 Å². The van der Waals surface area contributed by atoms with Crippen LogP contribution in [0.15, 0.2) is 103 Å². The summed E-state index contributed by atoms with van der Waals surface area (Å²) in [4.78, 5) is 35.1. The Hall–Kier alpha value is -5.07. The molecule has 218 valence electrons. The molecule has 43 heavy (non-hydrogen) atoms. The number of nitrogens with zero attached hydrogens (tertiary/aromatic N) is 4. The molecule has 1 fully saturated rings. The lowest BCUT2D eigenvalue weighted by Crippen LogP contribution is -2.50. The van der Waals surface area contributed by atoms with Gasteiger partial charge in [0.05, 0.1) is 24.4 Å². The standard InChI is InChI=1S/C34H32FN5O3/c1-23(24-9-5-3-6-10-24)38-32(41)31(27-17-28(35)20-37-19-27)40(33(42)30-18-34(2,43)21-39(30)22-36)29-15-13-26(14-16-29)25-11-7-4-8-12-25/h3-17,19-20,23,30-31,43H,18,21H2,1-2H3,(H,38,41)/t23-,30?,31?,34?/m0/s1. The molecule has 1 saturated heterocycles. The number of aliphatic hydroxyl groups is 1. The smallest absolute Gasteiger partial charge is 0.251 e. The molecule has 2 heterocycles. The zero-order valence-corrected chi connectivity index (χ0v) is 23.9. The minimum absolute atomic E-state index is 0.0197. The maximum Gasteiger partial charge on any atom is 0.251 e. The molecule has 2 N–H and O–H groups in total. The summed E-state index contributed by atoms with van der Waals surface area (Å²) in [7, 11) is 0. The van der Waals surface area contributed by atoms with Gasteiger partial charge in [-0.15, -0.1) is 0 Å². The molecule has 0 aliphatic carbocycles. The van der Waals surface area contributed by atoms with E-state index in [-0.39, 0.29) is 18.5 Å². The number of halogens is 1. The van der Waals surface area contributed by atoms with Crippen LogP contribution < -0.4 is 10.2 Å². The van der Waals surface area contributed by atoms with Gasteiger partial charge in [-0.05, 0) is 48.7 Å². The molecule has 0 radical (unpaired) electrons. The highest BCUT2D eigenvalue weighted by molar-refractivity contribution is 6.04. The van der Waals surface area contributed by atoms with Crippen LogP contribution in [0.1, 0.15) is 43.5 Å². The summed E-state index contributed by atoms with van der Waals surface area (Å²) in [5.74, 6) is -1.80. The Morgan fingerprint density at radius 1 is 1.02 bits per heavy atom. The Kier molecular flexibility index (Phi) is 8.51. The van der Waals surface area contributed by atoms with E-state index in [4.69, 9.17) is 0 Å². The van der Waals surface area contributed by atoms with E-state index >= 15 is 0 Å². The minimum Gasteiger partial charge on any atom is -0.388 e. The van der Waals surface area contributed by atoms with Crippen LogP contribution in [0, 0.1) is 17.3 Å². The summed E-state index contributed by atoms with van der Waals surface area (Å²) >= 11 is 0. The molecule has 0 spiro atoms. The second-order valence-electron chi connectivity index (χ2n) is 11.0. The normalized spacial score (nSPS) is 19.2. The zero-order valence-electron chi connectivity index (χ0n) is 23.9. The van der Waals surface area contributed by atoms with Crippen LogP contribution in [-0.2, 0) is 9.59 Å². The number of likely N-dealkylation sites (tertiary alicyclic amines) is 1. The Bertz CT molecular complexity index is 1620. The van der Waals surface area contributed by atoms with Crippen molar-refractivity contribution in [2.45, 2.75) is 44.0 Å². The number of benzene rings is 3. The maximum atomic E-state index is 14.6. The minimum atomic E-state index is -1.34. The van der Waals surface area contributed by atoms with E-state index in [0.717, 1.165) is 22.9 Å². The predicted octanol–water partition coefficient (Wildman–Crippen LogP) is 5.15. The van der Waals surface area contributed by atoms with E-state index in [1.165, 1.54) is 22.1 Å². The maximum absolute atomic E-state index is 14.6. The quantitative estimate of drug-likeness (QED) is 0.281. The SMILES string of the molecule is C[C@H](NC(=O)C(c1cncc(F)c1)N(C(=O)C1CC(C)(O)CN1C#N)c1ccc(-c2ccccc2)cc1)c1ccccc1. The van der Waals surface area contributed by atoms with E-state index in [0.29, 0.717) is 5.69 Å². The molecule has 0 saturated carbocycles. The molecular formula is C34H32FN5O3. The molecule has 4 atom stereocenters. The number of aromatic nitrogens is 1. The molecule has 0 bridgehead atoms. The highest BCUT2D eigenvalue weighted by Crippen LogP contribution is 2.35. The Balaban J connectivity index is 1.61. The summed E-state index contributed by atoms with van der Waals surface area (Å²) in [6, 6.07) is 24.5. The average molecular weight is 578 g/mol. The summed E-state index contributed by atoms with van der Waals surface area (Å²) in [5, 5.41) is 23.6. The highest BCUT2D eigenvalue weighted by Gasteiger charge is 2.47. The number of hydrogen-bond donors (Lipinski definition) is 2. The monoisotopic (exact) mass is 577 g/mol. The second-order valence-corrected chi connectivity index (χ2v) is 11.0. The molecule has 5 rings (SSSR count). The van der Waals surface area contributed by atoms with Crippen molar-refractivity contribution in [3.05, 3.63) is 120 Å². The van der Waals surface area contributed by atoms with E-state index in [2.05, 4.69) is 10.3 Å². The fourth-order valence-electron chi connectivity index (χ4n) is 5.52. The first-order valence-electron chi connectivity index (χ1n) is 14.0. The van der Waals surface area contributed by atoms with E-state index < -0.39 is 41.4 Å². The molecule has 1 aliphatic rings. The number of β-amino-alcohol motifs (C(OH)–C–C–N with tert-alkyl or cyclic N) is 1. The molecule has 4 aromatic rings. The molecule has 3 unspecified atom stereocenters. The summed E-state index contributed by atoms with van der Waals surface area (Å²) < 4.78 is 14.6. The lowest BCUT2D eigenvalue weighted by atomic mass is 9.98. The first kappa shape index (κ1) is 29.4. The van der Waals surface area contributed by atoms with Gasteiger partial charge in [0.15, 0.2) is 6.19 Å². The van der Waals surface area contributed by atoms with E-state index in [1.807, 2.05) is 85.9 Å². The van der Waals surface area contributed by atoms with Gasteiger partial charge in [-0.3, -0.25) is 24.4 Å². The number of carbonyl (C=O) groups excluding carboxylic acids is 2. The van der Waals surface area contributed by atoms with Gasteiger partial charge < -0.3 is 10.4 Å². The first-order chi connectivity index (χ1) is 20.7. The topological polar surface area (TPSA) is 110 Å². The van der Waals surface area contributed by atoms with Crippen LogP contribution >= 0.6 is 0 Å². The van der Waals surface area contributed by atoms with Crippen molar-refractivity contribution in [3.8, 4) is 17.3 Å². The third-order valence-corrected chi connectivity index (χ3v) is 7.63. The number of nitrogens with one attached hydrogen (secondary N) is 1. The fraction of sp³-hybridized carbons (Fsp3) is 0.235. The van der Waals surface area contributed by atoms with Crippen molar-refractivity contribution in [1.29, 1.82) is 5.26 Å². The van der Waals surface area contributed by atoms with Gasteiger partial charge in [-0.2, -0.15) is 5.26 Å². The third-order valence-electron chi connectivity index (χ3n) is 7.63. The third kappa shape index (κ3) is 6.55. The molecule has 2 amide bonds. The molecule has 1 aliphatic heterocycles. The van der Waals surface area contributed by atoms with Gasteiger partial charge in [-0.25, -0.2) is 4.39 Å². The van der Waals surface area contributed by atoms with Crippen LogP contribution in [-0.4, -0.2) is 45.0 Å². The number of nitriles is 1. The van der Waals surface area contributed by atoms with Crippen molar-refractivity contribution in [3.63, 3.8) is 0 Å². The largest absolute Gasteiger partial charge is 0.388 e. The van der Waals surface area contributed by atoms with Crippen LogP contribution in [0.3, 0.4) is 0 Å². The Labute approximate surface area is 250 Å². The van der Waals surface area contributed by atoms with E-state index in [1.54, 1.807) is 19.1 Å².